The highest BCUT2D eigenvalue weighted by molar-refractivity contribution is 9.09. The molecule has 0 spiro atoms. The largest absolute Gasteiger partial charge is 0.461 e. The fourth-order valence-corrected chi connectivity index (χ4v) is 2.62. The number of esters is 1. The van der Waals surface area contributed by atoms with Gasteiger partial charge in [0.2, 0.25) is 0 Å². The van der Waals surface area contributed by atoms with Gasteiger partial charge in [0.1, 0.15) is 17.7 Å². The summed E-state index contributed by atoms with van der Waals surface area (Å²) in [6, 6.07) is -0.685. The summed E-state index contributed by atoms with van der Waals surface area (Å²) in [4.78, 5) is 24.1. The zero-order valence-electron chi connectivity index (χ0n) is 13.3. The molecular formula is C15H26BrNO4. The van der Waals surface area contributed by atoms with Gasteiger partial charge >= 0.3 is 12.1 Å². The van der Waals surface area contributed by atoms with Crippen LogP contribution >= 0.6 is 15.9 Å². The molecule has 1 unspecified atom stereocenters. The Kier molecular flexibility index (Phi) is 6.97. The van der Waals surface area contributed by atoms with Crippen LogP contribution in [0, 0.1) is 0 Å². The molecule has 0 aromatic carbocycles. The van der Waals surface area contributed by atoms with E-state index < -0.39 is 17.7 Å². The Morgan fingerprint density at radius 1 is 1.29 bits per heavy atom. The van der Waals surface area contributed by atoms with Crippen molar-refractivity contribution in [3.63, 3.8) is 0 Å². The van der Waals surface area contributed by atoms with E-state index in [4.69, 9.17) is 9.47 Å². The number of hydrogen-bond acceptors (Lipinski definition) is 4. The van der Waals surface area contributed by atoms with Crippen LogP contribution in [0.2, 0.25) is 0 Å². The van der Waals surface area contributed by atoms with Gasteiger partial charge in [-0.3, -0.25) is 0 Å². The third-order valence-electron chi connectivity index (χ3n) is 3.12. The van der Waals surface area contributed by atoms with Gasteiger partial charge in [-0.2, -0.15) is 0 Å². The van der Waals surface area contributed by atoms with Crippen molar-refractivity contribution < 1.29 is 19.1 Å². The van der Waals surface area contributed by atoms with Crippen LogP contribution in [0.1, 0.15) is 59.8 Å². The number of hydrogen-bond donors (Lipinski definition) is 1. The first kappa shape index (κ1) is 18.3. The Labute approximate surface area is 135 Å². The molecular weight excluding hydrogens is 338 g/mol. The van der Waals surface area contributed by atoms with Crippen molar-refractivity contribution in [2.75, 3.05) is 0 Å². The first-order valence-corrected chi connectivity index (χ1v) is 8.43. The van der Waals surface area contributed by atoms with E-state index in [0.717, 1.165) is 25.7 Å². The molecule has 0 bridgehead atoms. The number of halogens is 1. The summed E-state index contributed by atoms with van der Waals surface area (Å²) < 4.78 is 10.7. The minimum absolute atomic E-state index is 0.00827. The molecule has 122 valence electrons. The molecule has 1 amide bonds. The van der Waals surface area contributed by atoms with Gasteiger partial charge in [0.15, 0.2) is 0 Å². The maximum absolute atomic E-state index is 12.2. The van der Waals surface area contributed by atoms with Gasteiger partial charge in [0, 0.05) is 4.83 Å². The Hall–Kier alpha value is -0.780. The number of amides is 1. The number of alkyl carbamates (subject to hydrolysis) is 1. The first-order chi connectivity index (χ1) is 9.67. The normalized spacial score (nSPS) is 18.9. The molecule has 6 heteroatoms. The second-order valence-corrected chi connectivity index (χ2v) is 8.12. The van der Waals surface area contributed by atoms with E-state index in [-0.39, 0.29) is 16.9 Å². The maximum Gasteiger partial charge on any atom is 0.408 e. The Balaban J connectivity index is 2.57. The highest BCUT2D eigenvalue weighted by Crippen LogP contribution is 2.22. The quantitative estimate of drug-likeness (QED) is 0.599. The fraction of sp³-hybridized carbons (Fsp3) is 0.867. The van der Waals surface area contributed by atoms with Gasteiger partial charge < -0.3 is 14.8 Å². The average molecular weight is 364 g/mol. The summed E-state index contributed by atoms with van der Waals surface area (Å²) in [6.45, 7) is 7.27. The number of carbonyl (C=O) groups is 2. The molecule has 0 aromatic heterocycles. The van der Waals surface area contributed by atoms with Crippen LogP contribution in [0.25, 0.3) is 0 Å². The Morgan fingerprint density at radius 2 is 1.86 bits per heavy atom. The lowest BCUT2D eigenvalue weighted by Crippen LogP contribution is -2.45. The summed E-state index contributed by atoms with van der Waals surface area (Å²) in [6.07, 6.45) is 3.87. The molecule has 1 N–H and O–H groups in total. The molecule has 1 fully saturated rings. The van der Waals surface area contributed by atoms with Gasteiger partial charge in [0.05, 0.1) is 0 Å². The van der Waals surface area contributed by atoms with E-state index in [1.165, 1.54) is 0 Å². The van der Waals surface area contributed by atoms with Gasteiger partial charge in [-0.05, 0) is 52.9 Å². The molecule has 1 aliphatic carbocycles. The predicted molar refractivity (Wildman–Crippen MR) is 84.5 cm³/mol. The zero-order chi connectivity index (χ0) is 16.0. The Bertz CT molecular complexity index is 359. The van der Waals surface area contributed by atoms with Gasteiger partial charge in [-0.15, -0.1) is 0 Å². The van der Waals surface area contributed by atoms with Crippen molar-refractivity contribution in [3.05, 3.63) is 0 Å². The van der Waals surface area contributed by atoms with E-state index in [1.54, 1.807) is 20.8 Å². The van der Waals surface area contributed by atoms with E-state index in [9.17, 15) is 9.59 Å². The molecule has 21 heavy (non-hydrogen) atoms. The van der Waals surface area contributed by atoms with Gasteiger partial charge in [-0.1, -0.05) is 22.9 Å². The van der Waals surface area contributed by atoms with Crippen LogP contribution in [-0.2, 0) is 14.3 Å². The molecule has 0 saturated heterocycles. The third-order valence-corrected chi connectivity index (χ3v) is 3.49. The van der Waals surface area contributed by atoms with Crippen LogP contribution in [0.5, 0.6) is 0 Å². The number of carbonyl (C=O) groups excluding carboxylic acids is 2. The summed E-state index contributed by atoms with van der Waals surface area (Å²) in [5.41, 5.74) is -0.593. The minimum Gasteiger partial charge on any atom is -0.461 e. The van der Waals surface area contributed by atoms with Crippen molar-refractivity contribution in [2.45, 2.75) is 82.4 Å². The van der Waals surface area contributed by atoms with Crippen molar-refractivity contribution in [1.29, 1.82) is 0 Å². The zero-order valence-corrected chi connectivity index (χ0v) is 14.9. The second kappa shape index (κ2) is 8.01. The molecule has 2 atom stereocenters. The second-order valence-electron chi connectivity index (χ2n) is 6.56. The average Bonchev–Trinajstić information content (AvgIpc) is 2.77. The lowest BCUT2D eigenvalue weighted by atomic mass is 10.1. The van der Waals surface area contributed by atoms with Gasteiger partial charge in [-0.25, -0.2) is 9.59 Å². The number of rotatable bonds is 5. The molecule has 1 saturated carbocycles. The monoisotopic (exact) mass is 363 g/mol. The summed E-state index contributed by atoms with van der Waals surface area (Å²) in [7, 11) is 0. The molecule has 0 heterocycles. The van der Waals surface area contributed by atoms with Crippen molar-refractivity contribution in [3.8, 4) is 0 Å². The lowest BCUT2D eigenvalue weighted by molar-refractivity contribution is -0.151. The van der Waals surface area contributed by atoms with E-state index in [0.29, 0.717) is 6.42 Å². The van der Waals surface area contributed by atoms with Crippen molar-refractivity contribution >= 4 is 28.0 Å². The maximum atomic E-state index is 12.2. The first-order valence-electron chi connectivity index (χ1n) is 7.51. The van der Waals surface area contributed by atoms with Crippen LogP contribution in [0.4, 0.5) is 4.79 Å². The number of ether oxygens (including phenoxy) is 2. The third kappa shape index (κ3) is 7.69. The van der Waals surface area contributed by atoms with Crippen LogP contribution in [0.15, 0.2) is 0 Å². The predicted octanol–water partition coefficient (Wildman–Crippen LogP) is 3.54. The summed E-state index contributed by atoms with van der Waals surface area (Å²) >= 11 is 3.41. The van der Waals surface area contributed by atoms with Crippen LogP contribution in [-0.4, -0.2) is 34.6 Å². The Morgan fingerprint density at radius 3 is 2.33 bits per heavy atom. The molecule has 0 radical (unpaired) electrons. The topological polar surface area (TPSA) is 64.6 Å². The summed E-state index contributed by atoms with van der Waals surface area (Å²) in [5, 5.41) is 2.61. The number of alkyl halides is 1. The minimum atomic E-state index is -0.685. The molecule has 5 nitrogen and oxygen atoms in total. The van der Waals surface area contributed by atoms with E-state index in [1.807, 2.05) is 6.92 Å². The highest BCUT2D eigenvalue weighted by Gasteiger charge is 2.29. The van der Waals surface area contributed by atoms with Crippen LogP contribution < -0.4 is 5.32 Å². The molecule has 1 aliphatic rings. The van der Waals surface area contributed by atoms with Gasteiger partial charge in [0.25, 0.3) is 0 Å². The fourth-order valence-electron chi connectivity index (χ4n) is 2.24. The molecule has 0 aliphatic heterocycles. The van der Waals surface area contributed by atoms with E-state index >= 15 is 0 Å². The lowest BCUT2D eigenvalue weighted by Gasteiger charge is -2.24. The van der Waals surface area contributed by atoms with Crippen LogP contribution in [0.3, 0.4) is 0 Å². The smallest absolute Gasteiger partial charge is 0.408 e. The SMILES string of the molecule is C[C@H](Br)CC(NC(=O)OC(C)(C)C)C(=O)OC1CCCC1. The van der Waals surface area contributed by atoms with Crippen molar-refractivity contribution in [1.82, 2.24) is 5.32 Å². The molecule has 1 rings (SSSR count). The van der Waals surface area contributed by atoms with Crippen molar-refractivity contribution in [2.24, 2.45) is 0 Å². The molecule has 0 aromatic rings. The summed E-state index contributed by atoms with van der Waals surface area (Å²) in [5.74, 6) is -0.376. The highest BCUT2D eigenvalue weighted by atomic mass is 79.9. The van der Waals surface area contributed by atoms with E-state index in [2.05, 4.69) is 21.2 Å². The standard InChI is InChI=1S/C15H26BrNO4/c1-10(16)9-12(17-14(19)21-15(2,3)4)13(18)20-11-7-5-6-8-11/h10-12H,5-9H2,1-4H3,(H,17,19)/t10-,12?/m0/s1. The number of nitrogens with one attached hydrogen (secondary N) is 1.